The first-order valence-electron chi connectivity index (χ1n) is 19.7. The molecule has 2 fully saturated rings. The number of piperidine rings is 2. The Morgan fingerprint density at radius 2 is 1.69 bits per heavy atom. The Morgan fingerprint density at radius 3 is 2.39 bits per heavy atom. The second-order valence-electron chi connectivity index (χ2n) is 15.2. The summed E-state index contributed by atoms with van der Waals surface area (Å²) in [7, 11) is 0. The normalized spacial score (nSPS) is 16.9. The van der Waals surface area contributed by atoms with Gasteiger partial charge in [-0.1, -0.05) is 19.9 Å². The van der Waals surface area contributed by atoms with E-state index in [1.165, 1.54) is 15.5 Å². The fourth-order valence-corrected chi connectivity index (χ4v) is 7.85. The molecule has 5 N–H and O–H groups in total. The van der Waals surface area contributed by atoms with Crippen LogP contribution in [0.5, 0.6) is 11.5 Å². The third kappa shape index (κ3) is 8.31. The summed E-state index contributed by atoms with van der Waals surface area (Å²) < 4.78 is 7.01. The number of rotatable bonds is 11. The fraction of sp³-hybridized carbons (Fsp3) is 0.381. The van der Waals surface area contributed by atoms with Crippen molar-refractivity contribution in [1.29, 1.82) is 0 Å². The molecule has 0 radical (unpaired) electrons. The number of carbonyl (C=O) groups excluding carboxylic acids is 6. The summed E-state index contributed by atoms with van der Waals surface area (Å²) in [6.07, 6.45) is 1.74. The first-order valence-corrected chi connectivity index (χ1v) is 19.7. The van der Waals surface area contributed by atoms with Crippen LogP contribution in [0.15, 0.2) is 54.6 Å². The van der Waals surface area contributed by atoms with Crippen LogP contribution < -0.4 is 16.0 Å². The summed E-state index contributed by atoms with van der Waals surface area (Å²) in [5, 5.41) is 37.4. The predicted octanol–water partition coefficient (Wildman–Crippen LogP) is 4.47. The van der Waals surface area contributed by atoms with E-state index in [0.717, 1.165) is 0 Å². The van der Waals surface area contributed by atoms with Crippen LogP contribution in [0.2, 0.25) is 0 Å². The summed E-state index contributed by atoms with van der Waals surface area (Å²) in [5.41, 5.74) is 3.18. The maximum Gasteiger partial charge on any atom is 0.411 e. The topological polar surface area (TPSA) is 225 Å². The first kappa shape index (κ1) is 40.4. The van der Waals surface area contributed by atoms with Crippen LogP contribution in [-0.2, 0) is 20.9 Å². The molecule has 17 nitrogen and oxygen atoms in total. The number of aromatic nitrogens is 3. The van der Waals surface area contributed by atoms with Crippen molar-refractivity contribution >= 4 is 41.3 Å². The van der Waals surface area contributed by atoms with Crippen LogP contribution in [-0.4, -0.2) is 103 Å². The average molecular weight is 807 g/mol. The van der Waals surface area contributed by atoms with Crippen molar-refractivity contribution < 1.29 is 43.7 Å². The molecule has 0 aliphatic carbocycles. The lowest BCUT2D eigenvalue weighted by molar-refractivity contribution is -0.136. The summed E-state index contributed by atoms with van der Waals surface area (Å²) in [4.78, 5) is 79.8. The second-order valence-corrected chi connectivity index (χ2v) is 15.2. The van der Waals surface area contributed by atoms with Crippen molar-refractivity contribution in [1.82, 2.24) is 35.2 Å². The van der Waals surface area contributed by atoms with Gasteiger partial charge in [-0.05, 0) is 92.5 Å². The molecular formula is C42H46N8O9. The van der Waals surface area contributed by atoms with Gasteiger partial charge in [0.1, 0.15) is 17.5 Å². The van der Waals surface area contributed by atoms with Crippen molar-refractivity contribution in [2.75, 3.05) is 31.6 Å². The maximum absolute atomic E-state index is 13.6. The van der Waals surface area contributed by atoms with E-state index in [2.05, 4.69) is 26.1 Å². The molecule has 59 heavy (non-hydrogen) atoms. The summed E-state index contributed by atoms with van der Waals surface area (Å²) in [6, 6.07) is 13.8. The van der Waals surface area contributed by atoms with Crippen LogP contribution in [0.1, 0.15) is 101 Å². The number of hydrogen-bond acceptors (Lipinski definition) is 11. The lowest BCUT2D eigenvalue weighted by Crippen LogP contribution is -2.52. The number of amides is 6. The van der Waals surface area contributed by atoms with Crippen LogP contribution in [0.25, 0.3) is 17.1 Å². The molecule has 7 rings (SSSR count). The number of fused-ring (bicyclic) bond motifs is 1. The molecule has 1 aromatic heterocycles. The van der Waals surface area contributed by atoms with Crippen molar-refractivity contribution in [2.24, 2.45) is 5.92 Å². The highest BCUT2D eigenvalue weighted by Crippen LogP contribution is 2.38. The molecule has 0 bridgehead atoms. The zero-order valence-corrected chi connectivity index (χ0v) is 33.0. The van der Waals surface area contributed by atoms with Gasteiger partial charge in [-0.2, -0.15) is 0 Å². The minimum Gasteiger partial charge on any atom is -0.508 e. The number of imide groups is 1. The number of aromatic hydroxyl groups is 2. The van der Waals surface area contributed by atoms with E-state index >= 15 is 0 Å². The molecule has 0 spiro atoms. The van der Waals surface area contributed by atoms with Gasteiger partial charge in [0.05, 0.1) is 12.2 Å². The Kier molecular flexibility index (Phi) is 11.6. The maximum atomic E-state index is 13.6. The molecule has 0 saturated carbocycles. The Bertz CT molecular complexity index is 2310. The fourth-order valence-electron chi connectivity index (χ4n) is 7.85. The molecule has 1 atom stereocenters. The molecular weight excluding hydrogens is 761 g/mol. The second kappa shape index (κ2) is 17.0. The minimum atomic E-state index is -0.766. The van der Waals surface area contributed by atoms with Crippen LogP contribution >= 0.6 is 0 Å². The van der Waals surface area contributed by atoms with Gasteiger partial charge in [-0.25, -0.2) is 4.79 Å². The number of phenols is 2. The number of likely N-dealkylation sites (tertiary alicyclic amines) is 1. The number of nitrogens with one attached hydrogen (secondary N) is 3. The van der Waals surface area contributed by atoms with E-state index in [-0.39, 0.29) is 84.3 Å². The zero-order valence-electron chi connectivity index (χ0n) is 33.0. The Morgan fingerprint density at radius 1 is 0.949 bits per heavy atom. The third-order valence-electron chi connectivity index (χ3n) is 11.1. The third-order valence-corrected chi connectivity index (χ3v) is 11.1. The van der Waals surface area contributed by atoms with E-state index in [9.17, 15) is 39.0 Å². The van der Waals surface area contributed by atoms with Crippen LogP contribution in [0, 0.1) is 5.92 Å². The van der Waals surface area contributed by atoms with Crippen LogP contribution in [0.4, 0.5) is 10.5 Å². The molecule has 6 amide bonds. The molecule has 3 aliphatic heterocycles. The summed E-state index contributed by atoms with van der Waals surface area (Å²) >= 11 is 0. The SMILES string of the molecule is CCNC(=O)c1nnc(-c2cc(C(C)C)c(O)cc2O)n1-c1ccc(C(=O)N2CCC(CCOC(=O)Nc3cccc4c3CN(C3CCC(=O)NC3=O)C4=O)CC2)cc1. The predicted molar refractivity (Wildman–Crippen MR) is 213 cm³/mol. The highest BCUT2D eigenvalue weighted by atomic mass is 16.5. The van der Waals surface area contributed by atoms with Gasteiger partial charge in [-0.15, -0.1) is 10.2 Å². The first-order chi connectivity index (χ1) is 28.3. The molecule has 308 valence electrons. The highest BCUT2D eigenvalue weighted by molar-refractivity contribution is 6.06. The monoisotopic (exact) mass is 806 g/mol. The van der Waals surface area contributed by atoms with Gasteiger partial charge in [0.15, 0.2) is 5.82 Å². The highest BCUT2D eigenvalue weighted by Gasteiger charge is 2.40. The van der Waals surface area contributed by atoms with Gasteiger partial charge >= 0.3 is 6.09 Å². The van der Waals surface area contributed by atoms with Crippen LogP contribution in [0.3, 0.4) is 0 Å². The molecule has 3 aromatic carbocycles. The summed E-state index contributed by atoms with van der Waals surface area (Å²) in [6.45, 7) is 7.24. The van der Waals surface area contributed by atoms with E-state index in [0.29, 0.717) is 72.5 Å². The van der Waals surface area contributed by atoms with Gasteiger partial charge in [-0.3, -0.25) is 39.2 Å². The lowest BCUT2D eigenvalue weighted by atomic mass is 9.93. The molecule has 1 unspecified atom stereocenters. The van der Waals surface area contributed by atoms with Crippen molar-refractivity contribution in [3.8, 4) is 28.6 Å². The smallest absolute Gasteiger partial charge is 0.411 e. The largest absolute Gasteiger partial charge is 0.508 e. The lowest BCUT2D eigenvalue weighted by Gasteiger charge is -2.32. The molecule has 4 aromatic rings. The number of nitrogens with zero attached hydrogens (tertiary/aromatic N) is 5. The molecule has 3 aliphatic rings. The van der Waals surface area contributed by atoms with Gasteiger partial charge < -0.3 is 30.1 Å². The van der Waals surface area contributed by atoms with E-state index in [4.69, 9.17) is 4.74 Å². The standard InChI is InChI=1S/C42H46N8O9/c1-4-43-39(55)37-47-46-36(29-20-28(23(2)3)33(51)21-34(29)52)50(37)26-10-8-25(9-11-26)40(56)48-17-14-24(15-18-48)16-19-59-42(58)44-31-7-5-6-27-30(31)22-49(41(27)57)32-12-13-35(53)45-38(32)54/h5-11,20-21,23-24,32,51-52H,4,12-19,22H2,1-3H3,(H,43,55)(H,44,58)(H,45,53,54). The Hall–Kier alpha value is -6.78. The number of ether oxygens (including phenoxy) is 1. The summed E-state index contributed by atoms with van der Waals surface area (Å²) in [5.74, 6) is -1.80. The van der Waals surface area contributed by atoms with Crippen molar-refractivity contribution in [2.45, 2.75) is 71.4 Å². The zero-order chi connectivity index (χ0) is 42.0. The number of phenolic OH excluding ortho intramolecular Hbond substituents is 2. The number of hydrogen-bond donors (Lipinski definition) is 5. The average Bonchev–Trinajstić information content (AvgIpc) is 3.80. The van der Waals surface area contributed by atoms with E-state index in [1.807, 2.05) is 13.8 Å². The number of benzene rings is 3. The Balaban J connectivity index is 0.934. The minimum absolute atomic E-state index is 0.0125. The van der Waals surface area contributed by atoms with Gasteiger partial charge in [0, 0.05) is 66.7 Å². The molecule has 17 heteroatoms. The van der Waals surface area contributed by atoms with Gasteiger partial charge in [0.25, 0.3) is 17.7 Å². The van der Waals surface area contributed by atoms with Crippen molar-refractivity contribution in [3.05, 3.63) is 82.7 Å². The van der Waals surface area contributed by atoms with E-state index in [1.54, 1.807) is 60.4 Å². The Labute approximate surface area is 339 Å². The quantitative estimate of drug-likeness (QED) is 0.133. The number of anilines is 1. The molecule has 2 saturated heterocycles. The van der Waals surface area contributed by atoms with Gasteiger partial charge in [0.2, 0.25) is 17.6 Å². The number of carbonyl (C=O) groups is 6. The van der Waals surface area contributed by atoms with Crippen molar-refractivity contribution in [3.63, 3.8) is 0 Å². The van der Waals surface area contributed by atoms with E-state index < -0.39 is 23.9 Å². The molecule has 4 heterocycles.